The summed E-state index contributed by atoms with van der Waals surface area (Å²) in [7, 11) is 0. The van der Waals surface area contributed by atoms with E-state index in [1.807, 2.05) is 12.3 Å². The van der Waals surface area contributed by atoms with Gasteiger partial charge in [-0.05, 0) is 66.0 Å². The van der Waals surface area contributed by atoms with Crippen molar-refractivity contribution in [3.05, 3.63) is 65.1 Å². The van der Waals surface area contributed by atoms with Crippen molar-refractivity contribution in [3.63, 3.8) is 0 Å². The van der Waals surface area contributed by atoms with Gasteiger partial charge in [0.2, 0.25) is 0 Å². The summed E-state index contributed by atoms with van der Waals surface area (Å²) < 4.78 is 2.32. The Morgan fingerprint density at radius 2 is 2.04 bits per heavy atom. The van der Waals surface area contributed by atoms with Crippen molar-refractivity contribution in [3.8, 4) is 0 Å². The number of fused-ring (bicyclic) bond motifs is 1. The van der Waals surface area contributed by atoms with Crippen LogP contribution in [0.15, 0.2) is 42.7 Å². The minimum atomic E-state index is -0.885. The molecule has 0 radical (unpaired) electrons. The van der Waals surface area contributed by atoms with Gasteiger partial charge in [-0.3, -0.25) is 4.98 Å². The van der Waals surface area contributed by atoms with Crippen molar-refractivity contribution in [1.29, 1.82) is 0 Å². The number of benzene rings is 1. The number of carboxylic acids is 1. The van der Waals surface area contributed by atoms with Crippen molar-refractivity contribution in [2.45, 2.75) is 64.3 Å². The lowest BCUT2D eigenvalue weighted by Gasteiger charge is -2.09. The number of hydrogen-bond donors (Lipinski definition) is 1. The molecule has 146 valence electrons. The zero-order valence-corrected chi connectivity index (χ0v) is 16.5. The molecule has 1 aromatic carbocycles. The molecule has 1 saturated carbocycles. The molecule has 1 N–H and O–H groups in total. The van der Waals surface area contributed by atoms with Crippen LogP contribution in [0.25, 0.3) is 10.9 Å². The van der Waals surface area contributed by atoms with Crippen LogP contribution in [0.1, 0.15) is 78.5 Å². The van der Waals surface area contributed by atoms with Crippen LogP contribution < -0.4 is 0 Å². The number of carboxylic acid groups (broad SMARTS) is 1. The summed E-state index contributed by atoms with van der Waals surface area (Å²) in [6, 6.07) is 10.4. The third-order valence-corrected chi connectivity index (χ3v) is 5.73. The highest BCUT2D eigenvalue weighted by Gasteiger charge is 2.25. The maximum atomic E-state index is 11.7. The van der Waals surface area contributed by atoms with Gasteiger partial charge in [0.25, 0.3) is 0 Å². The predicted octanol–water partition coefficient (Wildman–Crippen LogP) is 5.78. The first-order valence-corrected chi connectivity index (χ1v) is 10.5. The fourth-order valence-corrected chi connectivity index (χ4v) is 3.93. The zero-order valence-electron chi connectivity index (χ0n) is 16.5. The molecule has 2 aromatic heterocycles. The van der Waals surface area contributed by atoms with Gasteiger partial charge < -0.3 is 9.67 Å². The lowest BCUT2D eigenvalue weighted by Crippen LogP contribution is -2.07. The second-order valence-corrected chi connectivity index (χ2v) is 7.98. The minimum Gasteiger partial charge on any atom is -0.478 e. The molecule has 3 aromatic rings. The summed E-state index contributed by atoms with van der Waals surface area (Å²) in [6.07, 6.45) is 11.9. The van der Waals surface area contributed by atoms with Gasteiger partial charge in [0.15, 0.2) is 0 Å². The minimum absolute atomic E-state index is 0.345. The summed E-state index contributed by atoms with van der Waals surface area (Å²) in [5, 5.41) is 10.8. The molecule has 1 aliphatic rings. The average molecular weight is 377 g/mol. The van der Waals surface area contributed by atoms with Crippen molar-refractivity contribution in [1.82, 2.24) is 9.55 Å². The number of nitrogens with zero attached hydrogens (tertiary/aromatic N) is 2. The van der Waals surface area contributed by atoms with Gasteiger partial charge in [0.1, 0.15) is 0 Å². The Morgan fingerprint density at radius 3 is 2.79 bits per heavy atom. The molecule has 0 spiro atoms. The molecule has 0 amide bonds. The molecular weight excluding hydrogens is 348 g/mol. The number of unbranched alkanes of at least 4 members (excludes halogenated alkanes) is 3. The van der Waals surface area contributed by atoms with Crippen LogP contribution in [0, 0.1) is 0 Å². The topological polar surface area (TPSA) is 55.1 Å². The largest absolute Gasteiger partial charge is 0.478 e. The third kappa shape index (κ3) is 4.11. The third-order valence-electron chi connectivity index (χ3n) is 5.73. The van der Waals surface area contributed by atoms with Gasteiger partial charge in [0.05, 0.1) is 11.3 Å². The zero-order chi connectivity index (χ0) is 19.5. The standard InChI is InChI=1S/C24H28N2O2/c1-2-3-4-5-11-26-12-10-19-13-17(6-9-23(19)26)14-22-21(24(27)28)15-20(16-25-22)18-7-8-18/h6,9-10,12-13,15-16,18H,2-5,7-8,11,14H2,1H3,(H,27,28). The van der Waals surface area contributed by atoms with Gasteiger partial charge in [-0.2, -0.15) is 0 Å². The van der Waals surface area contributed by atoms with Crippen molar-refractivity contribution >= 4 is 16.9 Å². The van der Waals surface area contributed by atoms with Crippen LogP contribution in [0.3, 0.4) is 0 Å². The van der Waals surface area contributed by atoms with Crippen molar-refractivity contribution in [2.24, 2.45) is 0 Å². The van der Waals surface area contributed by atoms with Crippen molar-refractivity contribution < 1.29 is 9.90 Å². The predicted molar refractivity (Wildman–Crippen MR) is 112 cm³/mol. The summed E-state index contributed by atoms with van der Waals surface area (Å²) in [4.78, 5) is 16.2. The Kier molecular flexibility index (Phi) is 5.47. The molecule has 1 aliphatic carbocycles. The molecule has 2 heterocycles. The first kappa shape index (κ1) is 18.7. The number of aromatic carboxylic acids is 1. The Balaban J connectivity index is 1.53. The van der Waals surface area contributed by atoms with Crippen LogP contribution in [0.2, 0.25) is 0 Å². The molecular formula is C24H28N2O2. The molecule has 4 heteroatoms. The van der Waals surface area contributed by atoms with E-state index in [-0.39, 0.29) is 0 Å². The average Bonchev–Trinajstić information content (AvgIpc) is 3.47. The van der Waals surface area contributed by atoms with Gasteiger partial charge in [-0.1, -0.05) is 32.3 Å². The first-order valence-electron chi connectivity index (χ1n) is 10.5. The first-order chi connectivity index (χ1) is 13.7. The molecule has 0 saturated heterocycles. The molecule has 28 heavy (non-hydrogen) atoms. The fraction of sp³-hybridized carbons (Fsp3) is 0.417. The Morgan fingerprint density at radius 1 is 1.18 bits per heavy atom. The second kappa shape index (κ2) is 8.17. The van der Waals surface area contributed by atoms with E-state index in [9.17, 15) is 9.90 Å². The highest BCUT2D eigenvalue weighted by Crippen LogP contribution is 2.40. The second-order valence-electron chi connectivity index (χ2n) is 7.98. The van der Waals surface area contributed by atoms with E-state index in [1.54, 1.807) is 0 Å². The highest BCUT2D eigenvalue weighted by molar-refractivity contribution is 5.89. The molecule has 4 nitrogen and oxygen atoms in total. The number of hydrogen-bond acceptors (Lipinski definition) is 2. The van der Waals surface area contributed by atoms with Crippen LogP contribution in [0.5, 0.6) is 0 Å². The Bertz CT molecular complexity index is 985. The Hall–Kier alpha value is -2.62. The SMILES string of the molecule is CCCCCCn1ccc2cc(Cc3ncc(C4CC4)cc3C(=O)O)ccc21. The van der Waals surface area contributed by atoms with Gasteiger partial charge in [0, 0.05) is 30.9 Å². The molecule has 4 rings (SSSR count). The summed E-state index contributed by atoms with van der Waals surface area (Å²) >= 11 is 0. The van der Waals surface area contributed by atoms with E-state index in [2.05, 4.69) is 46.9 Å². The highest BCUT2D eigenvalue weighted by atomic mass is 16.4. The van der Waals surface area contributed by atoms with Crippen LogP contribution >= 0.6 is 0 Å². The number of aromatic nitrogens is 2. The summed E-state index contributed by atoms with van der Waals surface area (Å²) in [6.45, 7) is 3.28. The lowest BCUT2D eigenvalue weighted by atomic mass is 10.0. The van der Waals surface area contributed by atoms with E-state index < -0.39 is 5.97 Å². The van der Waals surface area contributed by atoms with Gasteiger partial charge >= 0.3 is 5.97 Å². The number of rotatable bonds is 9. The van der Waals surface area contributed by atoms with E-state index in [0.29, 0.717) is 23.6 Å². The fourth-order valence-electron chi connectivity index (χ4n) is 3.93. The smallest absolute Gasteiger partial charge is 0.337 e. The maximum absolute atomic E-state index is 11.7. The monoisotopic (exact) mass is 376 g/mol. The molecule has 0 aliphatic heterocycles. The Labute approximate surface area is 166 Å². The molecule has 1 fully saturated rings. The van der Waals surface area contributed by atoms with E-state index in [0.717, 1.165) is 30.5 Å². The summed E-state index contributed by atoms with van der Waals surface area (Å²) in [5.41, 5.74) is 4.41. The lowest BCUT2D eigenvalue weighted by molar-refractivity contribution is 0.0695. The van der Waals surface area contributed by atoms with E-state index >= 15 is 0 Å². The van der Waals surface area contributed by atoms with Gasteiger partial charge in [-0.15, -0.1) is 0 Å². The number of carbonyl (C=O) groups is 1. The normalized spacial score (nSPS) is 13.9. The quantitative estimate of drug-likeness (QED) is 0.481. The molecule has 0 unspecified atom stereocenters. The van der Waals surface area contributed by atoms with Crippen LogP contribution in [-0.2, 0) is 13.0 Å². The van der Waals surface area contributed by atoms with Gasteiger partial charge in [-0.25, -0.2) is 4.79 Å². The number of pyridine rings is 1. The summed E-state index contributed by atoms with van der Waals surface area (Å²) in [5.74, 6) is -0.377. The molecule has 0 bridgehead atoms. The van der Waals surface area contributed by atoms with E-state index in [1.165, 1.54) is 36.6 Å². The van der Waals surface area contributed by atoms with Crippen molar-refractivity contribution in [2.75, 3.05) is 0 Å². The maximum Gasteiger partial charge on any atom is 0.337 e. The number of aryl methyl sites for hydroxylation is 1. The van der Waals surface area contributed by atoms with Crippen LogP contribution in [0.4, 0.5) is 0 Å². The van der Waals surface area contributed by atoms with Crippen LogP contribution in [-0.4, -0.2) is 20.6 Å². The molecule has 0 atom stereocenters. The van der Waals surface area contributed by atoms with E-state index in [4.69, 9.17) is 0 Å².